The lowest BCUT2D eigenvalue weighted by Gasteiger charge is -2.22. The van der Waals surface area contributed by atoms with Crippen molar-refractivity contribution in [3.63, 3.8) is 0 Å². The van der Waals surface area contributed by atoms with Gasteiger partial charge in [0.05, 0.1) is 17.6 Å². The quantitative estimate of drug-likeness (QED) is 0.664. The van der Waals surface area contributed by atoms with E-state index in [4.69, 9.17) is 5.73 Å². The Morgan fingerprint density at radius 2 is 2.00 bits per heavy atom. The van der Waals surface area contributed by atoms with E-state index in [2.05, 4.69) is 15.5 Å². The lowest BCUT2D eigenvalue weighted by Crippen LogP contribution is -2.25. The predicted molar refractivity (Wildman–Crippen MR) is 91.2 cm³/mol. The van der Waals surface area contributed by atoms with Crippen LogP contribution in [-0.2, 0) is 4.79 Å². The van der Waals surface area contributed by atoms with Gasteiger partial charge in [0, 0.05) is 12.3 Å². The number of benzene rings is 1. The van der Waals surface area contributed by atoms with Crippen molar-refractivity contribution in [2.75, 3.05) is 4.90 Å². The number of hydrogen-bond donors (Lipinski definition) is 2. The molecule has 0 fully saturated rings. The molecular formula is C15H17N5O2S. The van der Waals surface area contributed by atoms with E-state index in [0.717, 1.165) is 16.8 Å². The van der Waals surface area contributed by atoms with Crippen molar-refractivity contribution in [3.8, 4) is 0 Å². The number of aryl methyl sites for hydroxylation is 2. The van der Waals surface area contributed by atoms with Crippen LogP contribution in [0.15, 0.2) is 28.7 Å². The number of carbonyl (C=O) groups is 2. The topological polar surface area (TPSA) is 101 Å². The first-order chi connectivity index (χ1) is 10.9. The summed E-state index contributed by atoms with van der Waals surface area (Å²) in [5.41, 5.74) is 10.3. The number of carbonyl (C=O) groups excluding carboxylic acids is 2. The summed E-state index contributed by atoms with van der Waals surface area (Å²) in [6.07, 6.45) is 1.37. The molecule has 7 nitrogen and oxygen atoms in total. The Hall–Kier alpha value is -2.74. The molecule has 1 heterocycles. The van der Waals surface area contributed by atoms with Crippen LogP contribution in [0.1, 0.15) is 23.7 Å². The normalized spacial score (nSPS) is 10.7. The highest BCUT2D eigenvalue weighted by atomic mass is 32.1. The summed E-state index contributed by atoms with van der Waals surface area (Å²) < 4.78 is 0. The van der Waals surface area contributed by atoms with Gasteiger partial charge in [-0.05, 0) is 25.0 Å². The van der Waals surface area contributed by atoms with Gasteiger partial charge in [-0.15, -0.1) is 11.3 Å². The molecule has 2 aromatic rings. The molecule has 1 aromatic carbocycles. The van der Waals surface area contributed by atoms with Gasteiger partial charge >= 0.3 is 6.03 Å². The van der Waals surface area contributed by atoms with E-state index < -0.39 is 6.03 Å². The van der Waals surface area contributed by atoms with Crippen LogP contribution in [0, 0.1) is 13.8 Å². The summed E-state index contributed by atoms with van der Waals surface area (Å²) in [4.78, 5) is 28.7. The summed E-state index contributed by atoms with van der Waals surface area (Å²) in [6.45, 7) is 5.39. The minimum absolute atomic E-state index is 0.129. The van der Waals surface area contributed by atoms with E-state index in [0.29, 0.717) is 10.8 Å². The maximum Gasteiger partial charge on any atom is 0.332 e. The monoisotopic (exact) mass is 331 g/mol. The summed E-state index contributed by atoms with van der Waals surface area (Å²) in [6, 6.07) is 5.09. The predicted octanol–water partition coefficient (Wildman–Crippen LogP) is 2.45. The molecule has 3 N–H and O–H groups in total. The molecule has 23 heavy (non-hydrogen) atoms. The first-order valence-corrected chi connectivity index (χ1v) is 7.69. The van der Waals surface area contributed by atoms with Crippen molar-refractivity contribution in [1.82, 2.24) is 10.4 Å². The fourth-order valence-electron chi connectivity index (χ4n) is 2.15. The molecule has 0 saturated heterocycles. The fourth-order valence-corrected chi connectivity index (χ4v) is 2.97. The molecule has 3 amide bonds. The number of rotatable bonds is 4. The van der Waals surface area contributed by atoms with Crippen molar-refractivity contribution >= 4 is 40.3 Å². The average Bonchev–Trinajstić information content (AvgIpc) is 2.90. The third-order valence-corrected chi connectivity index (χ3v) is 3.89. The Kier molecular flexibility index (Phi) is 5.07. The van der Waals surface area contributed by atoms with Gasteiger partial charge in [-0.2, -0.15) is 5.10 Å². The van der Waals surface area contributed by atoms with Crippen LogP contribution >= 0.6 is 11.3 Å². The number of primary amides is 1. The van der Waals surface area contributed by atoms with E-state index in [-0.39, 0.29) is 5.91 Å². The molecule has 120 valence electrons. The van der Waals surface area contributed by atoms with Gasteiger partial charge in [-0.1, -0.05) is 18.2 Å². The number of amides is 3. The van der Waals surface area contributed by atoms with Gasteiger partial charge in [0.1, 0.15) is 0 Å². The number of thiazole rings is 1. The van der Waals surface area contributed by atoms with Gasteiger partial charge in [-0.25, -0.2) is 15.2 Å². The van der Waals surface area contributed by atoms with E-state index >= 15 is 0 Å². The molecule has 0 aliphatic heterocycles. The number of nitrogens with zero attached hydrogens (tertiary/aromatic N) is 3. The molecule has 0 bridgehead atoms. The van der Waals surface area contributed by atoms with Crippen molar-refractivity contribution < 1.29 is 9.59 Å². The van der Waals surface area contributed by atoms with Crippen LogP contribution in [0.2, 0.25) is 0 Å². The summed E-state index contributed by atoms with van der Waals surface area (Å²) in [5.74, 6) is -0.129. The van der Waals surface area contributed by atoms with Crippen LogP contribution in [-0.4, -0.2) is 23.1 Å². The van der Waals surface area contributed by atoms with Crippen LogP contribution in [0.3, 0.4) is 0 Å². The first kappa shape index (κ1) is 16.6. The van der Waals surface area contributed by atoms with E-state index in [1.807, 2.05) is 32.0 Å². The highest BCUT2D eigenvalue weighted by Gasteiger charge is 2.21. The molecular weight excluding hydrogens is 314 g/mol. The largest absolute Gasteiger partial charge is 0.350 e. The summed E-state index contributed by atoms with van der Waals surface area (Å²) in [5, 5.41) is 5.94. The smallest absolute Gasteiger partial charge is 0.332 e. The minimum atomic E-state index is -0.752. The molecule has 8 heteroatoms. The Labute approximate surface area is 137 Å². The van der Waals surface area contributed by atoms with Crippen molar-refractivity contribution in [1.29, 1.82) is 0 Å². The van der Waals surface area contributed by atoms with Crippen LogP contribution in [0.4, 0.5) is 15.6 Å². The van der Waals surface area contributed by atoms with Crippen molar-refractivity contribution in [2.24, 2.45) is 10.8 Å². The molecule has 0 spiro atoms. The molecule has 1 aromatic heterocycles. The minimum Gasteiger partial charge on any atom is -0.350 e. The molecule has 0 radical (unpaired) electrons. The number of nitrogens with two attached hydrogens (primary N) is 1. The van der Waals surface area contributed by atoms with Gasteiger partial charge in [0.15, 0.2) is 5.13 Å². The number of nitrogens with one attached hydrogen (secondary N) is 1. The number of urea groups is 1. The highest BCUT2D eigenvalue weighted by Crippen LogP contribution is 2.33. The lowest BCUT2D eigenvalue weighted by molar-refractivity contribution is -0.115. The SMILES string of the molecule is CC(=O)N(c1nc(/C=N\NC(N)=O)cs1)c1c(C)cccc1C. The lowest BCUT2D eigenvalue weighted by atomic mass is 10.1. The standard InChI is InChI=1S/C15H17N5O2S/c1-9-5-4-6-10(2)13(9)20(11(3)21)15-18-12(8-23-15)7-17-19-14(16)22/h4-8H,1-3H3,(H3,16,19,22)/b17-7-. The number of anilines is 2. The van der Waals surface area contributed by atoms with Crippen molar-refractivity contribution in [2.45, 2.75) is 20.8 Å². The molecule has 0 aliphatic rings. The number of para-hydroxylation sites is 1. The number of hydrogen-bond acceptors (Lipinski definition) is 5. The zero-order chi connectivity index (χ0) is 17.0. The highest BCUT2D eigenvalue weighted by molar-refractivity contribution is 7.14. The molecule has 0 saturated carbocycles. The maximum absolute atomic E-state index is 12.1. The van der Waals surface area contributed by atoms with Crippen LogP contribution in [0.5, 0.6) is 0 Å². The Morgan fingerprint density at radius 3 is 2.57 bits per heavy atom. The molecule has 2 rings (SSSR count). The second-order valence-electron chi connectivity index (χ2n) is 4.88. The number of hydrazone groups is 1. The molecule has 0 unspecified atom stereocenters. The third kappa shape index (κ3) is 3.92. The van der Waals surface area contributed by atoms with E-state index in [1.165, 1.54) is 24.5 Å². The second-order valence-corrected chi connectivity index (χ2v) is 5.72. The molecule has 0 aliphatic carbocycles. The Morgan fingerprint density at radius 1 is 1.35 bits per heavy atom. The molecule has 0 atom stereocenters. The number of aromatic nitrogens is 1. The van der Waals surface area contributed by atoms with E-state index in [1.54, 1.807) is 10.3 Å². The van der Waals surface area contributed by atoms with Crippen molar-refractivity contribution in [3.05, 3.63) is 40.4 Å². The van der Waals surface area contributed by atoms with Gasteiger partial charge < -0.3 is 5.73 Å². The first-order valence-electron chi connectivity index (χ1n) is 6.81. The third-order valence-electron chi connectivity index (χ3n) is 3.05. The average molecular weight is 331 g/mol. The fraction of sp³-hybridized carbons (Fsp3) is 0.200. The second kappa shape index (κ2) is 7.01. The van der Waals surface area contributed by atoms with E-state index in [9.17, 15) is 9.59 Å². The van der Waals surface area contributed by atoms with Gasteiger partial charge in [-0.3, -0.25) is 9.69 Å². The summed E-state index contributed by atoms with van der Waals surface area (Å²) in [7, 11) is 0. The Bertz CT molecular complexity index is 749. The van der Waals surface area contributed by atoms with Gasteiger partial charge in [0.25, 0.3) is 0 Å². The van der Waals surface area contributed by atoms with Crippen LogP contribution in [0.25, 0.3) is 0 Å². The van der Waals surface area contributed by atoms with Crippen LogP contribution < -0.4 is 16.1 Å². The Balaban J connectivity index is 2.37. The zero-order valence-corrected chi connectivity index (χ0v) is 13.8. The zero-order valence-electron chi connectivity index (χ0n) is 13.0. The maximum atomic E-state index is 12.1. The summed E-state index contributed by atoms with van der Waals surface area (Å²) >= 11 is 1.32. The van der Waals surface area contributed by atoms with Gasteiger partial charge in [0.2, 0.25) is 5.91 Å².